The number of rotatable bonds is 7. The molecule has 132 valence electrons. The Hall–Kier alpha value is -2.59. The quantitative estimate of drug-likeness (QED) is 0.563. The average molecular weight is 341 g/mol. The summed E-state index contributed by atoms with van der Waals surface area (Å²) in [6.45, 7) is 3.96. The monoisotopic (exact) mass is 341 g/mol. The highest BCUT2D eigenvalue weighted by Crippen LogP contribution is 2.37. The molecular weight excluding hydrogens is 322 g/mol. The Morgan fingerprint density at radius 3 is 2.71 bits per heavy atom. The normalized spacial score (nSPS) is 14.9. The maximum absolute atomic E-state index is 11.1. The molecule has 1 heterocycles. The number of amides is 1. The molecule has 0 aliphatic carbocycles. The number of carbonyl (C=O) groups is 1. The van der Waals surface area contributed by atoms with E-state index in [0.29, 0.717) is 26.4 Å². The van der Waals surface area contributed by atoms with Gasteiger partial charge in [0.05, 0.1) is 31.3 Å². The van der Waals surface area contributed by atoms with Crippen molar-refractivity contribution in [2.75, 3.05) is 51.9 Å². The van der Waals surface area contributed by atoms with Crippen molar-refractivity contribution in [1.82, 2.24) is 4.90 Å². The lowest BCUT2D eigenvalue weighted by atomic mass is 10.2. The van der Waals surface area contributed by atoms with Crippen LogP contribution in [0.1, 0.15) is 0 Å². The van der Waals surface area contributed by atoms with E-state index in [2.05, 4.69) is 4.90 Å². The zero-order chi connectivity index (χ0) is 17.5. The van der Waals surface area contributed by atoms with E-state index in [0.717, 1.165) is 19.2 Å². The van der Waals surface area contributed by atoms with Crippen molar-refractivity contribution in [1.29, 1.82) is 0 Å². The van der Waals surface area contributed by atoms with Crippen molar-refractivity contribution < 1.29 is 29.0 Å². The van der Waals surface area contributed by atoms with E-state index in [1.54, 1.807) is 0 Å². The number of hydrogen-bond acceptors (Lipinski definition) is 7. The molecule has 24 heavy (non-hydrogen) atoms. The van der Waals surface area contributed by atoms with Crippen LogP contribution >= 0.6 is 0 Å². The lowest BCUT2D eigenvalue weighted by Gasteiger charge is -2.26. The highest BCUT2D eigenvalue weighted by molar-refractivity contribution is 5.87. The fourth-order valence-electron chi connectivity index (χ4n) is 2.30. The van der Waals surface area contributed by atoms with Gasteiger partial charge in [-0.25, -0.2) is 4.79 Å². The van der Waals surface area contributed by atoms with Gasteiger partial charge in [-0.3, -0.25) is 20.3 Å². The van der Waals surface area contributed by atoms with Crippen LogP contribution in [-0.4, -0.2) is 67.6 Å². The van der Waals surface area contributed by atoms with Gasteiger partial charge in [0.2, 0.25) is 0 Å². The molecule has 0 unspecified atom stereocenters. The van der Waals surface area contributed by atoms with E-state index < -0.39 is 16.7 Å². The first-order valence-electron chi connectivity index (χ1n) is 7.30. The number of morpholine rings is 1. The Bertz CT molecular complexity index is 602. The van der Waals surface area contributed by atoms with Crippen LogP contribution in [0.5, 0.6) is 11.5 Å². The molecule has 1 aromatic rings. The molecule has 0 atom stereocenters. The zero-order valence-corrected chi connectivity index (χ0v) is 13.2. The van der Waals surface area contributed by atoms with Crippen molar-refractivity contribution in [3.05, 3.63) is 22.2 Å². The number of anilines is 1. The van der Waals surface area contributed by atoms with Crippen molar-refractivity contribution in [3.63, 3.8) is 0 Å². The maximum Gasteiger partial charge on any atom is 0.409 e. The van der Waals surface area contributed by atoms with Gasteiger partial charge in [-0.15, -0.1) is 0 Å². The Balaban J connectivity index is 2.11. The molecule has 0 aromatic heterocycles. The first-order valence-corrected chi connectivity index (χ1v) is 7.30. The summed E-state index contributed by atoms with van der Waals surface area (Å²) in [6.07, 6.45) is -1.40. The highest BCUT2D eigenvalue weighted by atomic mass is 16.6. The number of nitrogens with zero attached hydrogens (tertiary/aromatic N) is 2. The number of hydrogen-bond donors (Lipinski definition) is 2. The summed E-state index contributed by atoms with van der Waals surface area (Å²) in [5.74, 6) is 0.403. The second-order valence-corrected chi connectivity index (χ2v) is 5.01. The summed E-state index contributed by atoms with van der Waals surface area (Å²) < 4.78 is 16.0. The largest absolute Gasteiger partial charge is 0.493 e. The van der Waals surface area contributed by atoms with Crippen LogP contribution in [0.4, 0.5) is 16.2 Å². The van der Waals surface area contributed by atoms with Gasteiger partial charge in [0.1, 0.15) is 12.3 Å². The summed E-state index contributed by atoms with van der Waals surface area (Å²) >= 11 is 0. The molecule has 10 nitrogen and oxygen atoms in total. The summed E-state index contributed by atoms with van der Waals surface area (Å²) in [6, 6.07) is 2.39. The Labute approximate surface area is 138 Å². The SMILES string of the molecule is COc1cc([N+](=O)[O-])c(NC(=O)O)cc1OCCN1CCOCC1. The zero-order valence-electron chi connectivity index (χ0n) is 13.2. The van der Waals surface area contributed by atoms with Crippen LogP contribution in [0, 0.1) is 10.1 Å². The molecule has 1 fully saturated rings. The minimum atomic E-state index is -1.40. The molecular formula is C14H19N3O7. The molecule has 1 aromatic carbocycles. The van der Waals surface area contributed by atoms with Crippen molar-refractivity contribution in [2.45, 2.75) is 0 Å². The third kappa shape index (κ3) is 4.70. The van der Waals surface area contributed by atoms with Crippen molar-refractivity contribution in [3.8, 4) is 11.5 Å². The summed E-state index contributed by atoms with van der Waals surface area (Å²) in [4.78, 5) is 23.3. The van der Waals surface area contributed by atoms with E-state index in [1.807, 2.05) is 5.32 Å². The van der Waals surface area contributed by atoms with E-state index in [9.17, 15) is 14.9 Å². The van der Waals surface area contributed by atoms with E-state index in [-0.39, 0.29) is 17.2 Å². The highest BCUT2D eigenvalue weighted by Gasteiger charge is 2.21. The average Bonchev–Trinajstić information content (AvgIpc) is 2.55. The van der Waals surface area contributed by atoms with E-state index in [1.165, 1.54) is 13.2 Å². The first kappa shape index (κ1) is 17.8. The van der Waals surface area contributed by atoms with Gasteiger partial charge in [0, 0.05) is 25.7 Å². The second kappa shape index (κ2) is 8.31. The number of benzene rings is 1. The topological polar surface area (TPSA) is 123 Å². The molecule has 0 spiro atoms. The maximum atomic E-state index is 11.1. The minimum Gasteiger partial charge on any atom is -0.493 e. The second-order valence-electron chi connectivity index (χ2n) is 5.01. The molecule has 0 radical (unpaired) electrons. The summed E-state index contributed by atoms with van der Waals surface area (Å²) in [5.41, 5.74) is -0.579. The van der Waals surface area contributed by atoms with Crippen LogP contribution in [0.3, 0.4) is 0 Å². The minimum absolute atomic E-state index is 0.166. The Kier molecular flexibility index (Phi) is 6.15. The van der Waals surface area contributed by atoms with Crippen LogP contribution in [-0.2, 0) is 4.74 Å². The van der Waals surface area contributed by atoms with Crippen molar-refractivity contribution >= 4 is 17.5 Å². The van der Waals surface area contributed by atoms with Gasteiger partial charge in [0.25, 0.3) is 5.69 Å². The van der Waals surface area contributed by atoms with Crippen LogP contribution in [0.25, 0.3) is 0 Å². The van der Waals surface area contributed by atoms with Crippen molar-refractivity contribution in [2.24, 2.45) is 0 Å². The first-order chi connectivity index (χ1) is 11.5. The number of nitro groups is 1. The summed E-state index contributed by atoms with van der Waals surface area (Å²) in [5, 5.41) is 21.9. The van der Waals surface area contributed by atoms with E-state index >= 15 is 0 Å². The lowest BCUT2D eigenvalue weighted by molar-refractivity contribution is -0.384. The van der Waals surface area contributed by atoms with Crippen LogP contribution in [0.2, 0.25) is 0 Å². The van der Waals surface area contributed by atoms with Crippen LogP contribution in [0.15, 0.2) is 12.1 Å². The molecule has 10 heteroatoms. The molecule has 0 saturated carbocycles. The molecule has 1 saturated heterocycles. The van der Waals surface area contributed by atoms with Gasteiger partial charge < -0.3 is 19.3 Å². The van der Waals surface area contributed by atoms with Gasteiger partial charge in [0.15, 0.2) is 11.5 Å². The molecule has 1 aliphatic rings. The Morgan fingerprint density at radius 1 is 1.42 bits per heavy atom. The van der Waals surface area contributed by atoms with E-state index in [4.69, 9.17) is 19.3 Å². The molecule has 1 amide bonds. The third-order valence-electron chi connectivity index (χ3n) is 3.49. The third-order valence-corrected chi connectivity index (χ3v) is 3.49. The van der Waals surface area contributed by atoms with Gasteiger partial charge in [-0.05, 0) is 0 Å². The number of methoxy groups -OCH3 is 1. The lowest BCUT2D eigenvalue weighted by Crippen LogP contribution is -2.38. The fraction of sp³-hybridized carbons (Fsp3) is 0.500. The van der Waals surface area contributed by atoms with Crippen LogP contribution < -0.4 is 14.8 Å². The predicted molar refractivity (Wildman–Crippen MR) is 84.0 cm³/mol. The number of nitro benzene ring substituents is 1. The smallest absolute Gasteiger partial charge is 0.409 e. The van der Waals surface area contributed by atoms with Gasteiger partial charge >= 0.3 is 6.09 Å². The molecule has 2 rings (SSSR count). The fourth-order valence-corrected chi connectivity index (χ4v) is 2.30. The predicted octanol–water partition coefficient (Wildman–Crippen LogP) is 1.40. The molecule has 1 aliphatic heterocycles. The van der Waals surface area contributed by atoms with Gasteiger partial charge in [-0.2, -0.15) is 0 Å². The number of carboxylic acid groups (broad SMARTS) is 1. The molecule has 2 N–H and O–H groups in total. The number of nitrogens with one attached hydrogen (secondary N) is 1. The standard InChI is InChI=1S/C14H19N3O7/c1-22-12-9-11(17(20)21)10(15-14(18)19)8-13(12)24-7-4-16-2-5-23-6-3-16/h8-9,15H,2-7H2,1H3,(H,18,19). The summed E-state index contributed by atoms with van der Waals surface area (Å²) in [7, 11) is 1.36. The molecule has 0 bridgehead atoms. The van der Waals surface area contributed by atoms with Gasteiger partial charge in [-0.1, -0.05) is 0 Å². The number of ether oxygens (including phenoxy) is 3. The Morgan fingerprint density at radius 2 is 2.12 bits per heavy atom.